The minimum atomic E-state index is -1.02. The van der Waals surface area contributed by atoms with Crippen LogP contribution in [0.1, 0.15) is 22.8 Å². The van der Waals surface area contributed by atoms with E-state index in [1.165, 1.54) is 12.1 Å². The largest absolute Gasteiger partial charge is 0.384 e. The fourth-order valence-corrected chi connectivity index (χ4v) is 2.08. The van der Waals surface area contributed by atoms with Gasteiger partial charge in [-0.25, -0.2) is 4.39 Å². The van der Waals surface area contributed by atoms with Crippen molar-refractivity contribution in [3.05, 3.63) is 70.0 Å². The summed E-state index contributed by atoms with van der Waals surface area (Å²) < 4.78 is 18.8. The zero-order chi connectivity index (χ0) is 13.8. The first kappa shape index (κ1) is 14.0. The Morgan fingerprint density at radius 2 is 2.05 bits per heavy atom. The lowest BCUT2D eigenvalue weighted by Gasteiger charge is -2.13. The topological polar surface area (TPSA) is 29.5 Å². The number of halogens is 2. The molecule has 0 radical (unpaired) electrons. The second-order valence-corrected chi connectivity index (χ2v) is 4.68. The predicted molar refractivity (Wildman–Crippen MR) is 72.6 cm³/mol. The Kier molecular flexibility index (Phi) is 4.53. The Balaban J connectivity index is 2.32. The van der Waals surface area contributed by atoms with E-state index in [2.05, 4.69) is 0 Å². The highest BCUT2D eigenvalue weighted by Gasteiger charge is 2.15. The molecule has 2 aromatic rings. The van der Waals surface area contributed by atoms with Crippen LogP contribution < -0.4 is 0 Å². The molecule has 19 heavy (non-hydrogen) atoms. The normalized spacial score (nSPS) is 12.4. The van der Waals surface area contributed by atoms with Gasteiger partial charge in [0, 0.05) is 17.7 Å². The summed E-state index contributed by atoms with van der Waals surface area (Å²) >= 11 is 5.70. The van der Waals surface area contributed by atoms with Crippen molar-refractivity contribution in [3.8, 4) is 0 Å². The summed E-state index contributed by atoms with van der Waals surface area (Å²) in [5.41, 5.74) is 1.75. The number of hydrogen-bond acceptors (Lipinski definition) is 2. The average molecular weight is 281 g/mol. The summed E-state index contributed by atoms with van der Waals surface area (Å²) in [6.45, 7) is 0.448. The molecule has 1 atom stereocenters. The second-order valence-electron chi connectivity index (χ2n) is 4.25. The third-order valence-corrected chi connectivity index (χ3v) is 3.07. The molecule has 0 aromatic heterocycles. The van der Waals surface area contributed by atoms with Crippen LogP contribution in [0.3, 0.4) is 0 Å². The molecule has 0 aliphatic rings. The van der Waals surface area contributed by atoms with E-state index in [-0.39, 0.29) is 5.56 Å². The maximum absolute atomic E-state index is 13.8. The lowest BCUT2D eigenvalue weighted by Crippen LogP contribution is -2.03. The molecule has 2 nitrogen and oxygen atoms in total. The van der Waals surface area contributed by atoms with Gasteiger partial charge in [-0.05, 0) is 23.3 Å². The van der Waals surface area contributed by atoms with E-state index >= 15 is 0 Å². The summed E-state index contributed by atoms with van der Waals surface area (Å²) in [6.07, 6.45) is -1.02. The lowest BCUT2D eigenvalue weighted by atomic mass is 9.99. The zero-order valence-electron chi connectivity index (χ0n) is 10.4. The van der Waals surface area contributed by atoms with Crippen molar-refractivity contribution in [3.63, 3.8) is 0 Å². The van der Waals surface area contributed by atoms with Gasteiger partial charge in [-0.1, -0.05) is 41.9 Å². The van der Waals surface area contributed by atoms with Crippen LogP contribution in [0.4, 0.5) is 4.39 Å². The van der Waals surface area contributed by atoms with E-state index in [1.54, 1.807) is 31.4 Å². The van der Waals surface area contributed by atoms with E-state index in [0.717, 1.165) is 5.56 Å². The van der Waals surface area contributed by atoms with Crippen molar-refractivity contribution in [1.29, 1.82) is 0 Å². The molecule has 0 saturated heterocycles. The molecule has 0 spiro atoms. The fraction of sp³-hybridized carbons (Fsp3) is 0.200. The Morgan fingerprint density at radius 1 is 1.26 bits per heavy atom. The molecule has 2 aromatic carbocycles. The van der Waals surface area contributed by atoms with Crippen LogP contribution in [0.15, 0.2) is 42.5 Å². The molecular formula is C15H14ClFO2. The van der Waals surface area contributed by atoms with Gasteiger partial charge in [0.15, 0.2) is 0 Å². The fourth-order valence-electron chi connectivity index (χ4n) is 1.92. The number of ether oxygens (including phenoxy) is 1. The highest BCUT2D eigenvalue weighted by Crippen LogP contribution is 2.26. The van der Waals surface area contributed by atoms with E-state index in [1.807, 2.05) is 6.07 Å². The molecule has 0 aliphatic carbocycles. The smallest absolute Gasteiger partial charge is 0.130 e. The maximum atomic E-state index is 13.8. The predicted octanol–water partition coefficient (Wildman–Crippen LogP) is 3.71. The van der Waals surface area contributed by atoms with Crippen LogP contribution in [-0.2, 0) is 11.3 Å². The van der Waals surface area contributed by atoms with Crippen LogP contribution >= 0.6 is 11.6 Å². The van der Waals surface area contributed by atoms with Gasteiger partial charge < -0.3 is 9.84 Å². The SMILES string of the molecule is COCc1cccc(C(O)c2ccc(Cl)cc2F)c1. The average Bonchev–Trinajstić information content (AvgIpc) is 2.39. The molecule has 0 amide bonds. The first-order chi connectivity index (χ1) is 9.11. The van der Waals surface area contributed by atoms with Gasteiger partial charge in [0.2, 0.25) is 0 Å². The van der Waals surface area contributed by atoms with Gasteiger partial charge in [0.1, 0.15) is 11.9 Å². The van der Waals surface area contributed by atoms with Crippen molar-refractivity contribution in [2.75, 3.05) is 7.11 Å². The summed E-state index contributed by atoms with van der Waals surface area (Å²) in [7, 11) is 1.60. The number of rotatable bonds is 4. The minimum absolute atomic E-state index is 0.207. The molecular weight excluding hydrogens is 267 g/mol. The third-order valence-electron chi connectivity index (χ3n) is 2.83. The van der Waals surface area contributed by atoms with Crippen LogP contribution in [0, 0.1) is 5.82 Å². The van der Waals surface area contributed by atoms with Crippen molar-refractivity contribution in [2.45, 2.75) is 12.7 Å². The minimum Gasteiger partial charge on any atom is -0.384 e. The summed E-state index contributed by atoms with van der Waals surface area (Å²) in [5, 5.41) is 10.5. The van der Waals surface area contributed by atoms with Crippen molar-refractivity contribution >= 4 is 11.6 Å². The highest BCUT2D eigenvalue weighted by molar-refractivity contribution is 6.30. The van der Waals surface area contributed by atoms with Crippen LogP contribution in [0.25, 0.3) is 0 Å². The monoisotopic (exact) mass is 280 g/mol. The Bertz CT molecular complexity index is 572. The summed E-state index contributed by atoms with van der Waals surface area (Å²) in [4.78, 5) is 0. The van der Waals surface area contributed by atoms with Gasteiger partial charge in [-0.15, -0.1) is 0 Å². The molecule has 0 aliphatic heterocycles. The first-order valence-electron chi connectivity index (χ1n) is 5.82. The van der Waals surface area contributed by atoms with Crippen molar-refractivity contribution in [1.82, 2.24) is 0 Å². The Hall–Kier alpha value is -1.42. The molecule has 4 heteroatoms. The number of methoxy groups -OCH3 is 1. The molecule has 100 valence electrons. The lowest BCUT2D eigenvalue weighted by molar-refractivity contribution is 0.184. The standard InChI is InChI=1S/C15H14ClFO2/c1-19-9-10-3-2-4-11(7-10)15(18)13-6-5-12(16)8-14(13)17/h2-8,15,18H,9H2,1H3. The van der Waals surface area contributed by atoms with Gasteiger partial charge in [0.05, 0.1) is 6.61 Å². The van der Waals surface area contributed by atoms with Crippen LogP contribution in [0.5, 0.6) is 0 Å². The number of hydrogen-bond donors (Lipinski definition) is 1. The number of aliphatic hydroxyl groups is 1. The molecule has 0 bridgehead atoms. The molecule has 0 saturated carbocycles. The van der Waals surface area contributed by atoms with E-state index in [0.29, 0.717) is 17.2 Å². The quantitative estimate of drug-likeness (QED) is 0.925. The van der Waals surface area contributed by atoms with Crippen LogP contribution in [0.2, 0.25) is 5.02 Å². The molecule has 2 rings (SSSR count). The Morgan fingerprint density at radius 3 is 2.74 bits per heavy atom. The van der Waals surface area contributed by atoms with Gasteiger partial charge in [-0.2, -0.15) is 0 Å². The summed E-state index contributed by atoms with van der Waals surface area (Å²) in [5.74, 6) is -0.517. The van der Waals surface area contributed by atoms with Crippen LogP contribution in [-0.4, -0.2) is 12.2 Å². The molecule has 1 N–H and O–H groups in total. The van der Waals surface area contributed by atoms with Gasteiger partial charge in [0.25, 0.3) is 0 Å². The maximum Gasteiger partial charge on any atom is 0.130 e. The third kappa shape index (κ3) is 3.32. The summed E-state index contributed by atoms with van der Waals surface area (Å²) in [6, 6.07) is 11.5. The van der Waals surface area contributed by atoms with Crippen molar-refractivity contribution in [2.24, 2.45) is 0 Å². The van der Waals surface area contributed by atoms with E-state index < -0.39 is 11.9 Å². The highest BCUT2D eigenvalue weighted by atomic mass is 35.5. The van der Waals surface area contributed by atoms with Gasteiger partial charge in [-0.3, -0.25) is 0 Å². The van der Waals surface area contributed by atoms with E-state index in [4.69, 9.17) is 16.3 Å². The number of aliphatic hydroxyl groups excluding tert-OH is 1. The molecule has 0 heterocycles. The van der Waals surface area contributed by atoms with E-state index in [9.17, 15) is 9.50 Å². The molecule has 1 unspecified atom stereocenters. The van der Waals surface area contributed by atoms with Crippen molar-refractivity contribution < 1.29 is 14.2 Å². The molecule has 0 fully saturated rings. The second kappa shape index (κ2) is 6.15. The van der Waals surface area contributed by atoms with Gasteiger partial charge >= 0.3 is 0 Å². The number of benzene rings is 2. The first-order valence-corrected chi connectivity index (χ1v) is 6.20. The zero-order valence-corrected chi connectivity index (χ0v) is 11.2. The Labute approximate surface area is 116 Å².